The Morgan fingerprint density at radius 1 is 0.960 bits per heavy atom. The van der Waals surface area contributed by atoms with E-state index >= 15 is 0 Å². The van der Waals surface area contributed by atoms with E-state index in [4.69, 9.17) is 0 Å². The molecule has 126 valence electrons. The lowest BCUT2D eigenvalue weighted by Gasteiger charge is -2.08. The van der Waals surface area contributed by atoms with E-state index in [0.29, 0.717) is 18.3 Å². The molecule has 2 aromatic carbocycles. The highest BCUT2D eigenvalue weighted by molar-refractivity contribution is 5.98. The van der Waals surface area contributed by atoms with Crippen LogP contribution >= 0.6 is 0 Å². The number of nitrogens with one attached hydrogen (secondary N) is 2. The van der Waals surface area contributed by atoms with Gasteiger partial charge in [0.1, 0.15) is 0 Å². The first-order valence-corrected chi connectivity index (χ1v) is 8.20. The Morgan fingerprint density at radius 2 is 1.64 bits per heavy atom. The van der Waals surface area contributed by atoms with Crippen molar-refractivity contribution in [2.45, 2.75) is 20.4 Å². The van der Waals surface area contributed by atoms with Gasteiger partial charge in [0.05, 0.1) is 5.71 Å². The van der Waals surface area contributed by atoms with Crippen LogP contribution in [-0.2, 0) is 6.54 Å². The van der Waals surface area contributed by atoms with E-state index in [1.165, 1.54) is 5.56 Å². The number of anilines is 2. The van der Waals surface area contributed by atoms with E-state index in [1.54, 1.807) is 0 Å². The molecule has 1 aromatic heterocycles. The first-order valence-electron chi connectivity index (χ1n) is 8.20. The second-order valence-electron chi connectivity index (χ2n) is 5.73. The van der Waals surface area contributed by atoms with Crippen molar-refractivity contribution in [3.63, 3.8) is 0 Å². The van der Waals surface area contributed by atoms with E-state index in [-0.39, 0.29) is 0 Å². The fourth-order valence-electron chi connectivity index (χ4n) is 2.37. The van der Waals surface area contributed by atoms with Crippen LogP contribution in [0.2, 0.25) is 0 Å². The molecular weight excluding hydrogens is 310 g/mol. The summed E-state index contributed by atoms with van der Waals surface area (Å²) < 4.78 is 0. The fourth-order valence-corrected chi connectivity index (χ4v) is 2.37. The highest BCUT2D eigenvalue weighted by atomic mass is 15.3. The lowest BCUT2D eigenvalue weighted by atomic mass is 10.1. The number of nitrogens with zero attached hydrogens (tertiary/aromatic N) is 3. The fraction of sp³-hybridized carbons (Fsp3) is 0.150. The van der Waals surface area contributed by atoms with Crippen molar-refractivity contribution >= 4 is 17.5 Å². The van der Waals surface area contributed by atoms with Gasteiger partial charge in [-0.3, -0.25) is 5.43 Å². The Kier molecular flexibility index (Phi) is 5.36. The predicted molar refractivity (Wildman–Crippen MR) is 103 cm³/mol. The molecule has 0 aliphatic carbocycles. The van der Waals surface area contributed by atoms with Crippen LogP contribution in [0.3, 0.4) is 0 Å². The second kappa shape index (κ2) is 8.06. The van der Waals surface area contributed by atoms with Crippen molar-refractivity contribution in [2.24, 2.45) is 5.10 Å². The quantitative estimate of drug-likeness (QED) is 0.524. The molecule has 3 rings (SSSR count). The first-order chi connectivity index (χ1) is 12.2. The number of hydrogen-bond acceptors (Lipinski definition) is 5. The molecule has 0 bridgehead atoms. The van der Waals surface area contributed by atoms with Crippen LogP contribution in [-0.4, -0.2) is 15.7 Å². The van der Waals surface area contributed by atoms with Crippen LogP contribution in [0.4, 0.5) is 11.8 Å². The van der Waals surface area contributed by atoms with E-state index in [2.05, 4.69) is 37.9 Å². The summed E-state index contributed by atoms with van der Waals surface area (Å²) >= 11 is 0. The molecule has 0 saturated heterocycles. The standard InChI is InChI=1S/C20H21N5/c1-15-13-19(25-24-16(2)18-11-7-4-8-12-18)23-20(22-15)21-14-17-9-5-3-6-10-17/h3-13H,14H2,1-2H3,(H2,21,22,23,25)/b24-16+. The highest BCUT2D eigenvalue weighted by Gasteiger charge is 2.03. The molecule has 5 nitrogen and oxygen atoms in total. The molecule has 2 N–H and O–H groups in total. The van der Waals surface area contributed by atoms with Gasteiger partial charge in [0.25, 0.3) is 0 Å². The Bertz CT molecular complexity index is 844. The molecule has 1 heterocycles. The maximum atomic E-state index is 4.47. The normalized spacial score (nSPS) is 11.2. The van der Waals surface area contributed by atoms with Gasteiger partial charge in [-0.15, -0.1) is 0 Å². The van der Waals surface area contributed by atoms with Gasteiger partial charge >= 0.3 is 0 Å². The molecule has 0 aliphatic heterocycles. The minimum Gasteiger partial charge on any atom is -0.350 e. The third kappa shape index (κ3) is 4.88. The van der Waals surface area contributed by atoms with Gasteiger partial charge in [0, 0.05) is 18.3 Å². The molecule has 0 spiro atoms. The van der Waals surface area contributed by atoms with Crippen molar-refractivity contribution in [1.29, 1.82) is 0 Å². The molecule has 0 atom stereocenters. The SMILES string of the molecule is C/C(=N\Nc1cc(C)nc(NCc2ccccc2)n1)c1ccccc1. The molecule has 0 amide bonds. The van der Waals surface area contributed by atoms with Crippen LogP contribution < -0.4 is 10.7 Å². The van der Waals surface area contributed by atoms with Crippen LogP contribution in [0.5, 0.6) is 0 Å². The Balaban J connectivity index is 1.69. The van der Waals surface area contributed by atoms with Gasteiger partial charge in [-0.1, -0.05) is 60.7 Å². The van der Waals surface area contributed by atoms with Crippen LogP contribution in [0.1, 0.15) is 23.7 Å². The van der Waals surface area contributed by atoms with Crippen molar-refractivity contribution in [3.8, 4) is 0 Å². The van der Waals surface area contributed by atoms with Crippen molar-refractivity contribution < 1.29 is 0 Å². The Hall–Kier alpha value is -3.21. The Morgan fingerprint density at radius 3 is 2.36 bits per heavy atom. The molecule has 5 heteroatoms. The number of hydrazone groups is 1. The van der Waals surface area contributed by atoms with Gasteiger partial charge in [-0.2, -0.15) is 10.1 Å². The monoisotopic (exact) mass is 331 g/mol. The summed E-state index contributed by atoms with van der Waals surface area (Å²) in [6, 6.07) is 22.1. The summed E-state index contributed by atoms with van der Waals surface area (Å²) in [6.07, 6.45) is 0. The minimum atomic E-state index is 0.582. The van der Waals surface area contributed by atoms with Gasteiger partial charge in [-0.25, -0.2) is 4.98 Å². The molecule has 0 unspecified atom stereocenters. The first kappa shape index (κ1) is 16.6. The molecular formula is C20H21N5. The average Bonchev–Trinajstić information content (AvgIpc) is 2.66. The van der Waals surface area contributed by atoms with E-state index in [1.807, 2.05) is 68.4 Å². The smallest absolute Gasteiger partial charge is 0.225 e. The maximum absolute atomic E-state index is 4.47. The third-order valence-corrected chi connectivity index (χ3v) is 3.68. The van der Waals surface area contributed by atoms with Crippen LogP contribution in [0, 0.1) is 6.92 Å². The van der Waals surface area contributed by atoms with Gasteiger partial charge in [0.15, 0.2) is 5.82 Å². The molecule has 25 heavy (non-hydrogen) atoms. The molecule has 0 aliphatic rings. The highest BCUT2D eigenvalue weighted by Crippen LogP contribution is 2.11. The molecule has 0 saturated carbocycles. The third-order valence-electron chi connectivity index (χ3n) is 3.68. The zero-order valence-electron chi connectivity index (χ0n) is 14.4. The second-order valence-corrected chi connectivity index (χ2v) is 5.73. The van der Waals surface area contributed by atoms with Crippen molar-refractivity contribution in [2.75, 3.05) is 10.7 Å². The number of aromatic nitrogens is 2. The molecule has 3 aromatic rings. The zero-order valence-corrected chi connectivity index (χ0v) is 14.4. The van der Waals surface area contributed by atoms with Crippen LogP contribution in [0.15, 0.2) is 71.8 Å². The zero-order chi connectivity index (χ0) is 17.5. The summed E-state index contributed by atoms with van der Waals surface area (Å²) in [6.45, 7) is 4.58. The lowest BCUT2D eigenvalue weighted by Crippen LogP contribution is -2.07. The summed E-state index contributed by atoms with van der Waals surface area (Å²) in [5, 5.41) is 7.66. The van der Waals surface area contributed by atoms with Crippen molar-refractivity contribution in [1.82, 2.24) is 9.97 Å². The van der Waals surface area contributed by atoms with E-state index < -0.39 is 0 Å². The number of rotatable bonds is 6. The van der Waals surface area contributed by atoms with E-state index in [9.17, 15) is 0 Å². The van der Waals surface area contributed by atoms with Crippen LogP contribution in [0.25, 0.3) is 0 Å². The topological polar surface area (TPSA) is 62.2 Å². The number of benzene rings is 2. The summed E-state index contributed by atoms with van der Waals surface area (Å²) in [4.78, 5) is 8.90. The largest absolute Gasteiger partial charge is 0.350 e. The van der Waals surface area contributed by atoms with E-state index in [0.717, 1.165) is 17.0 Å². The maximum Gasteiger partial charge on any atom is 0.225 e. The minimum absolute atomic E-state index is 0.582. The lowest BCUT2D eigenvalue weighted by molar-refractivity contribution is 1.02. The van der Waals surface area contributed by atoms with Gasteiger partial charge < -0.3 is 5.32 Å². The van der Waals surface area contributed by atoms with Gasteiger partial charge in [-0.05, 0) is 25.0 Å². The Labute approximate surface area is 147 Å². The predicted octanol–water partition coefficient (Wildman–Crippen LogP) is 4.23. The summed E-state index contributed by atoms with van der Waals surface area (Å²) in [5.74, 6) is 1.25. The average molecular weight is 331 g/mol. The van der Waals surface area contributed by atoms with Crippen molar-refractivity contribution in [3.05, 3.63) is 83.6 Å². The summed E-state index contributed by atoms with van der Waals surface area (Å²) in [5.41, 5.74) is 7.05. The summed E-state index contributed by atoms with van der Waals surface area (Å²) in [7, 11) is 0. The molecule has 0 fully saturated rings. The van der Waals surface area contributed by atoms with Gasteiger partial charge in [0.2, 0.25) is 5.95 Å². The number of hydrogen-bond donors (Lipinski definition) is 2. The molecule has 0 radical (unpaired) electrons. The number of aryl methyl sites for hydroxylation is 1.